The lowest BCUT2D eigenvalue weighted by Gasteiger charge is -2.07. The Morgan fingerprint density at radius 2 is 2.06 bits per heavy atom. The maximum absolute atomic E-state index is 8.69. The van der Waals surface area contributed by atoms with Crippen LogP contribution < -0.4 is 4.74 Å². The summed E-state index contributed by atoms with van der Waals surface area (Å²) >= 11 is 12.1. The van der Waals surface area contributed by atoms with Gasteiger partial charge in [0.1, 0.15) is 11.8 Å². The molecular weight excluding hydrogens is 261 g/mol. The van der Waals surface area contributed by atoms with Crippen molar-refractivity contribution < 1.29 is 4.74 Å². The second-order valence-electron chi connectivity index (χ2n) is 3.25. The van der Waals surface area contributed by atoms with E-state index in [1.54, 1.807) is 18.2 Å². The third-order valence-electron chi connectivity index (χ3n) is 2.22. The molecule has 0 radical (unpaired) electrons. The number of benzene rings is 1. The third-order valence-corrected chi connectivity index (χ3v) is 2.83. The average Bonchev–Trinajstić information content (AvgIpc) is 2.80. The van der Waals surface area contributed by atoms with Gasteiger partial charge in [-0.2, -0.15) is 10.4 Å². The zero-order valence-corrected chi connectivity index (χ0v) is 10.3. The van der Waals surface area contributed by atoms with Gasteiger partial charge in [-0.1, -0.05) is 23.2 Å². The fourth-order valence-electron chi connectivity index (χ4n) is 1.41. The zero-order chi connectivity index (χ0) is 12.4. The van der Waals surface area contributed by atoms with E-state index in [-0.39, 0.29) is 0 Å². The molecule has 1 heterocycles. The highest BCUT2D eigenvalue weighted by molar-refractivity contribution is 6.36. The van der Waals surface area contributed by atoms with E-state index >= 15 is 0 Å². The third kappa shape index (κ3) is 2.21. The molecule has 0 saturated carbocycles. The Bertz CT molecular complexity index is 601. The number of aromatic amines is 1. The number of nitriles is 1. The Balaban J connectivity index is 2.53. The Labute approximate surface area is 108 Å². The molecule has 0 amide bonds. The van der Waals surface area contributed by atoms with Crippen molar-refractivity contribution in [2.45, 2.75) is 0 Å². The summed E-state index contributed by atoms with van der Waals surface area (Å²) in [5.74, 6) is 0.500. The van der Waals surface area contributed by atoms with Crippen LogP contribution in [-0.2, 0) is 0 Å². The van der Waals surface area contributed by atoms with Crippen molar-refractivity contribution in [3.8, 4) is 23.1 Å². The molecule has 1 aromatic heterocycles. The van der Waals surface area contributed by atoms with Gasteiger partial charge in [0.2, 0.25) is 0 Å². The van der Waals surface area contributed by atoms with E-state index in [0.29, 0.717) is 32.7 Å². The van der Waals surface area contributed by atoms with Gasteiger partial charge in [0, 0.05) is 17.7 Å². The summed E-state index contributed by atoms with van der Waals surface area (Å²) in [7, 11) is 1.52. The molecule has 0 spiro atoms. The van der Waals surface area contributed by atoms with Crippen molar-refractivity contribution in [3.05, 3.63) is 33.9 Å². The van der Waals surface area contributed by atoms with Gasteiger partial charge in [0.05, 0.1) is 22.8 Å². The highest BCUT2D eigenvalue weighted by Gasteiger charge is 2.11. The minimum Gasteiger partial charge on any atom is -0.495 e. The Kier molecular flexibility index (Phi) is 3.23. The van der Waals surface area contributed by atoms with Gasteiger partial charge in [0.25, 0.3) is 0 Å². The van der Waals surface area contributed by atoms with Crippen LogP contribution in [0.3, 0.4) is 0 Å². The van der Waals surface area contributed by atoms with Crippen molar-refractivity contribution in [1.82, 2.24) is 10.2 Å². The van der Waals surface area contributed by atoms with Gasteiger partial charge in [-0.05, 0) is 6.07 Å². The summed E-state index contributed by atoms with van der Waals surface area (Å²) in [5.41, 5.74) is 1.60. The molecule has 2 aromatic rings. The summed E-state index contributed by atoms with van der Waals surface area (Å²) in [4.78, 5) is 0. The maximum atomic E-state index is 8.69. The highest BCUT2D eigenvalue weighted by Crippen LogP contribution is 2.35. The molecule has 0 atom stereocenters. The Hall–Kier alpha value is -1.70. The average molecular weight is 268 g/mol. The number of hydrogen-bond donors (Lipinski definition) is 1. The molecule has 0 saturated heterocycles. The smallest absolute Gasteiger partial charge is 0.162 e. The van der Waals surface area contributed by atoms with Crippen LogP contribution in [0.1, 0.15) is 5.69 Å². The van der Waals surface area contributed by atoms with Crippen molar-refractivity contribution >= 4 is 23.2 Å². The van der Waals surface area contributed by atoms with Gasteiger partial charge >= 0.3 is 0 Å². The predicted molar refractivity (Wildman–Crippen MR) is 65.3 cm³/mol. The molecule has 6 heteroatoms. The maximum Gasteiger partial charge on any atom is 0.162 e. The first-order valence-corrected chi connectivity index (χ1v) is 5.40. The number of H-pyrrole nitrogens is 1. The predicted octanol–water partition coefficient (Wildman–Crippen LogP) is 3.26. The number of hydrogen-bond acceptors (Lipinski definition) is 3. The van der Waals surface area contributed by atoms with E-state index in [2.05, 4.69) is 10.2 Å². The van der Waals surface area contributed by atoms with E-state index in [9.17, 15) is 0 Å². The number of rotatable bonds is 2. The molecule has 0 unspecified atom stereocenters. The van der Waals surface area contributed by atoms with Crippen LogP contribution in [0, 0.1) is 11.3 Å². The largest absolute Gasteiger partial charge is 0.495 e. The SMILES string of the molecule is COc1cc(Cl)c(-c2cc(C#N)n[nH]2)cc1Cl. The fraction of sp³-hybridized carbons (Fsp3) is 0.0909. The number of methoxy groups -OCH3 is 1. The van der Waals surface area contributed by atoms with Crippen LogP contribution in [0.15, 0.2) is 18.2 Å². The first-order valence-electron chi connectivity index (χ1n) is 4.64. The zero-order valence-electron chi connectivity index (χ0n) is 8.79. The molecule has 0 aliphatic carbocycles. The fourth-order valence-corrected chi connectivity index (χ4v) is 1.90. The molecule has 1 aromatic carbocycles. The van der Waals surface area contributed by atoms with Gasteiger partial charge in [-0.3, -0.25) is 5.10 Å². The first-order chi connectivity index (χ1) is 8.15. The van der Waals surface area contributed by atoms with E-state index in [0.717, 1.165) is 0 Å². The van der Waals surface area contributed by atoms with Gasteiger partial charge in [-0.15, -0.1) is 0 Å². The quantitative estimate of drug-likeness (QED) is 0.909. The van der Waals surface area contributed by atoms with Crippen LogP contribution in [0.25, 0.3) is 11.3 Å². The lowest BCUT2D eigenvalue weighted by molar-refractivity contribution is 0.415. The van der Waals surface area contributed by atoms with Crippen LogP contribution >= 0.6 is 23.2 Å². The number of ether oxygens (including phenoxy) is 1. The summed E-state index contributed by atoms with van der Waals surface area (Å²) < 4.78 is 5.05. The number of nitrogens with one attached hydrogen (secondary N) is 1. The normalized spacial score (nSPS) is 10.0. The molecule has 1 N–H and O–H groups in total. The molecule has 17 heavy (non-hydrogen) atoms. The monoisotopic (exact) mass is 267 g/mol. The van der Waals surface area contributed by atoms with Gasteiger partial charge < -0.3 is 4.74 Å². The van der Waals surface area contributed by atoms with Crippen LogP contribution in [-0.4, -0.2) is 17.3 Å². The number of aromatic nitrogens is 2. The number of halogens is 2. The summed E-state index contributed by atoms with van der Waals surface area (Å²) in [6, 6.07) is 6.81. The Morgan fingerprint density at radius 1 is 1.29 bits per heavy atom. The van der Waals surface area contributed by atoms with E-state index < -0.39 is 0 Å². The van der Waals surface area contributed by atoms with Gasteiger partial charge in [-0.25, -0.2) is 0 Å². The second-order valence-corrected chi connectivity index (χ2v) is 4.06. The Morgan fingerprint density at radius 3 is 2.65 bits per heavy atom. The molecule has 0 bridgehead atoms. The topological polar surface area (TPSA) is 61.7 Å². The second kappa shape index (κ2) is 4.66. The lowest BCUT2D eigenvalue weighted by Crippen LogP contribution is -1.87. The molecule has 0 fully saturated rings. The van der Waals surface area contributed by atoms with Crippen LogP contribution in [0.4, 0.5) is 0 Å². The van der Waals surface area contributed by atoms with Crippen LogP contribution in [0.5, 0.6) is 5.75 Å². The highest BCUT2D eigenvalue weighted by atomic mass is 35.5. The number of nitrogens with zero attached hydrogens (tertiary/aromatic N) is 2. The van der Waals surface area contributed by atoms with E-state index in [4.69, 9.17) is 33.2 Å². The molecule has 0 aliphatic rings. The first kappa shape index (κ1) is 11.8. The standard InChI is InChI=1S/C11H7Cl2N3O/c1-17-11-4-8(12)7(3-9(11)13)10-2-6(5-14)15-16-10/h2-4H,1H3,(H,15,16). The lowest BCUT2D eigenvalue weighted by atomic mass is 10.1. The summed E-state index contributed by atoms with van der Waals surface area (Å²) in [6.07, 6.45) is 0. The van der Waals surface area contributed by atoms with Crippen LogP contribution in [0.2, 0.25) is 10.0 Å². The van der Waals surface area contributed by atoms with Crippen molar-refractivity contribution in [2.24, 2.45) is 0 Å². The molecule has 0 aliphatic heterocycles. The van der Waals surface area contributed by atoms with Gasteiger partial charge in [0.15, 0.2) is 5.69 Å². The molecule has 4 nitrogen and oxygen atoms in total. The molecule has 86 valence electrons. The minimum absolute atomic E-state index is 0.294. The summed E-state index contributed by atoms with van der Waals surface area (Å²) in [6.45, 7) is 0. The molecular formula is C11H7Cl2N3O. The summed E-state index contributed by atoms with van der Waals surface area (Å²) in [5, 5.41) is 16.1. The van der Waals surface area contributed by atoms with Crippen molar-refractivity contribution in [3.63, 3.8) is 0 Å². The van der Waals surface area contributed by atoms with E-state index in [1.165, 1.54) is 7.11 Å². The molecule has 2 rings (SSSR count). The van der Waals surface area contributed by atoms with E-state index in [1.807, 2.05) is 6.07 Å². The minimum atomic E-state index is 0.294. The van der Waals surface area contributed by atoms with Crippen molar-refractivity contribution in [1.29, 1.82) is 5.26 Å². The van der Waals surface area contributed by atoms with Crippen molar-refractivity contribution in [2.75, 3.05) is 7.11 Å².